The van der Waals surface area contributed by atoms with Crippen LogP contribution in [-0.2, 0) is 6.18 Å². The van der Waals surface area contributed by atoms with Gasteiger partial charge in [0.25, 0.3) is 5.91 Å². The Hall–Kier alpha value is -1.79. The fourth-order valence-electron chi connectivity index (χ4n) is 2.14. The van der Waals surface area contributed by atoms with E-state index in [4.69, 9.17) is 5.73 Å². The van der Waals surface area contributed by atoms with Crippen molar-refractivity contribution in [2.24, 2.45) is 11.7 Å². The zero-order valence-electron chi connectivity index (χ0n) is 11.9. The first-order chi connectivity index (χ1) is 9.70. The van der Waals surface area contributed by atoms with Gasteiger partial charge in [-0.1, -0.05) is 0 Å². The minimum Gasteiger partial charge on any atom is -0.365 e. The second kappa shape index (κ2) is 5.54. The number of nitrogens with two attached hydrogens (primary N) is 1. The second-order valence-corrected chi connectivity index (χ2v) is 5.62. The lowest BCUT2D eigenvalue weighted by Crippen LogP contribution is -2.36. The summed E-state index contributed by atoms with van der Waals surface area (Å²) in [5.41, 5.74) is 4.29. The van der Waals surface area contributed by atoms with Crippen molar-refractivity contribution in [2.75, 3.05) is 11.4 Å². The number of anilines is 1. The Balaban J connectivity index is 2.47. The van der Waals surface area contributed by atoms with Crippen LogP contribution in [0, 0.1) is 5.92 Å². The van der Waals surface area contributed by atoms with Crippen molar-refractivity contribution in [3.63, 3.8) is 0 Å². The quantitative estimate of drug-likeness (QED) is 0.909. The van der Waals surface area contributed by atoms with E-state index >= 15 is 0 Å². The molecule has 1 aromatic heterocycles. The summed E-state index contributed by atoms with van der Waals surface area (Å²) in [6, 6.07) is 1.83. The summed E-state index contributed by atoms with van der Waals surface area (Å²) in [5, 5.41) is 0. The third-order valence-electron chi connectivity index (χ3n) is 3.48. The van der Waals surface area contributed by atoms with Gasteiger partial charge < -0.3 is 10.6 Å². The van der Waals surface area contributed by atoms with E-state index in [2.05, 4.69) is 4.98 Å². The van der Waals surface area contributed by atoms with Crippen molar-refractivity contribution >= 4 is 11.7 Å². The lowest BCUT2D eigenvalue weighted by molar-refractivity contribution is -0.141. The summed E-state index contributed by atoms with van der Waals surface area (Å²) in [7, 11) is 0. The number of nitrogens with zero attached hydrogens (tertiary/aromatic N) is 2. The van der Waals surface area contributed by atoms with Crippen LogP contribution in [-0.4, -0.2) is 23.5 Å². The van der Waals surface area contributed by atoms with E-state index in [0.29, 0.717) is 12.5 Å². The molecule has 116 valence electrons. The minimum atomic E-state index is -4.55. The van der Waals surface area contributed by atoms with Crippen LogP contribution in [0.3, 0.4) is 0 Å². The molecule has 0 atom stereocenters. The first-order valence-corrected chi connectivity index (χ1v) is 6.85. The standard InChI is InChI=1S/C14H18F3N3O/c1-8(2)20(7-9-3-4-9)13-10(12(18)21)5-6-11(19-13)14(15,16)17/h5-6,8-9H,3-4,7H2,1-2H3,(H2,18,21). The average molecular weight is 301 g/mol. The van der Waals surface area contributed by atoms with Gasteiger partial charge in [-0.3, -0.25) is 4.79 Å². The van der Waals surface area contributed by atoms with Gasteiger partial charge in [-0.05, 0) is 44.7 Å². The van der Waals surface area contributed by atoms with Crippen molar-refractivity contribution in [3.8, 4) is 0 Å². The molecular weight excluding hydrogens is 283 g/mol. The van der Waals surface area contributed by atoms with Gasteiger partial charge in [0.2, 0.25) is 0 Å². The molecule has 0 unspecified atom stereocenters. The van der Waals surface area contributed by atoms with Crippen LogP contribution in [0.2, 0.25) is 0 Å². The van der Waals surface area contributed by atoms with Crippen molar-refractivity contribution in [1.29, 1.82) is 0 Å². The van der Waals surface area contributed by atoms with E-state index in [1.54, 1.807) is 4.90 Å². The van der Waals surface area contributed by atoms with Crippen LogP contribution < -0.4 is 10.6 Å². The summed E-state index contributed by atoms with van der Waals surface area (Å²) in [6.07, 6.45) is -2.45. The van der Waals surface area contributed by atoms with E-state index < -0.39 is 17.8 Å². The Labute approximate surface area is 121 Å². The molecule has 1 aromatic rings. The predicted octanol–water partition coefficient (Wildman–Crippen LogP) is 2.82. The van der Waals surface area contributed by atoms with Crippen molar-refractivity contribution in [3.05, 3.63) is 23.4 Å². The van der Waals surface area contributed by atoms with Crippen molar-refractivity contribution in [1.82, 2.24) is 4.98 Å². The van der Waals surface area contributed by atoms with Gasteiger partial charge in [-0.2, -0.15) is 13.2 Å². The van der Waals surface area contributed by atoms with E-state index in [1.165, 1.54) is 0 Å². The molecule has 2 rings (SSSR count). The van der Waals surface area contributed by atoms with E-state index in [0.717, 1.165) is 25.0 Å². The Kier molecular flexibility index (Phi) is 4.11. The highest BCUT2D eigenvalue weighted by Gasteiger charge is 2.35. The molecule has 0 radical (unpaired) electrons. The Morgan fingerprint density at radius 3 is 2.48 bits per heavy atom. The van der Waals surface area contributed by atoms with Crippen LogP contribution in [0.1, 0.15) is 42.7 Å². The molecule has 0 aliphatic heterocycles. The van der Waals surface area contributed by atoms with Gasteiger partial charge in [0, 0.05) is 12.6 Å². The van der Waals surface area contributed by atoms with Crippen LogP contribution in [0.4, 0.5) is 19.0 Å². The Morgan fingerprint density at radius 2 is 2.05 bits per heavy atom. The molecule has 0 bridgehead atoms. The minimum absolute atomic E-state index is 0.0253. The monoisotopic (exact) mass is 301 g/mol. The van der Waals surface area contributed by atoms with E-state index in [9.17, 15) is 18.0 Å². The number of halogens is 3. The molecule has 1 amide bonds. The van der Waals surface area contributed by atoms with Gasteiger partial charge in [-0.25, -0.2) is 4.98 Å². The molecule has 21 heavy (non-hydrogen) atoms. The summed E-state index contributed by atoms with van der Waals surface area (Å²) in [6.45, 7) is 4.30. The molecular formula is C14H18F3N3O. The highest BCUT2D eigenvalue weighted by atomic mass is 19.4. The fraction of sp³-hybridized carbons (Fsp3) is 0.571. The maximum atomic E-state index is 12.8. The average Bonchev–Trinajstić information content (AvgIpc) is 3.17. The molecule has 0 spiro atoms. The largest absolute Gasteiger partial charge is 0.433 e. The number of primary amides is 1. The Morgan fingerprint density at radius 1 is 1.43 bits per heavy atom. The number of hydrogen-bond donors (Lipinski definition) is 1. The number of carbonyl (C=O) groups is 1. The number of hydrogen-bond acceptors (Lipinski definition) is 3. The summed E-state index contributed by atoms with van der Waals surface area (Å²) < 4.78 is 38.5. The van der Waals surface area contributed by atoms with Crippen molar-refractivity contribution in [2.45, 2.75) is 38.9 Å². The van der Waals surface area contributed by atoms with Crippen LogP contribution >= 0.6 is 0 Å². The van der Waals surface area contributed by atoms with Crippen LogP contribution in [0.25, 0.3) is 0 Å². The topological polar surface area (TPSA) is 59.2 Å². The number of carbonyl (C=O) groups excluding carboxylic acids is 1. The molecule has 1 aliphatic rings. The fourth-order valence-corrected chi connectivity index (χ4v) is 2.14. The third kappa shape index (κ3) is 3.65. The number of aromatic nitrogens is 1. The van der Waals surface area contributed by atoms with Gasteiger partial charge in [0.15, 0.2) is 0 Å². The van der Waals surface area contributed by atoms with Gasteiger partial charge in [0.05, 0.1) is 5.56 Å². The Bertz CT molecular complexity index is 539. The molecule has 7 heteroatoms. The zero-order valence-corrected chi connectivity index (χ0v) is 11.9. The molecule has 1 fully saturated rings. The maximum absolute atomic E-state index is 12.8. The first-order valence-electron chi connectivity index (χ1n) is 6.85. The SMILES string of the molecule is CC(C)N(CC1CC1)c1nc(C(F)(F)F)ccc1C(N)=O. The second-order valence-electron chi connectivity index (χ2n) is 5.62. The number of amides is 1. The molecule has 4 nitrogen and oxygen atoms in total. The van der Waals surface area contributed by atoms with Crippen molar-refractivity contribution < 1.29 is 18.0 Å². The van der Waals surface area contributed by atoms with Gasteiger partial charge >= 0.3 is 6.18 Å². The first kappa shape index (κ1) is 15.6. The van der Waals surface area contributed by atoms with Gasteiger partial charge in [-0.15, -0.1) is 0 Å². The lowest BCUT2D eigenvalue weighted by Gasteiger charge is -2.29. The predicted molar refractivity (Wildman–Crippen MR) is 73.0 cm³/mol. The highest BCUT2D eigenvalue weighted by Crippen LogP contribution is 2.35. The van der Waals surface area contributed by atoms with Crippen LogP contribution in [0.5, 0.6) is 0 Å². The summed E-state index contributed by atoms with van der Waals surface area (Å²) in [5.74, 6) is -0.295. The zero-order chi connectivity index (χ0) is 15.8. The summed E-state index contributed by atoms with van der Waals surface area (Å²) >= 11 is 0. The summed E-state index contributed by atoms with van der Waals surface area (Å²) in [4.78, 5) is 16.9. The number of pyridine rings is 1. The lowest BCUT2D eigenvalue weighted by atomic mass is 10.1. The highest BCUT2D eigenvalue weighted by molar-refractivity contribution is 5.97. The number of alkyl halides is 3. The molecule has 1 saturated carbocycles. The molecule has 2 N–H and O–H groups in total. The molecule has 1 heterocycles. The van der Waals surface area contributed by atoms with Gasteiger partial charge in [0.1, 0.15) is 11.5 Å². The molecule has 0 saturated heterocycles. The molecule has 1 aliphatic carbocycles. The number of rotatable bonds is 5. The smallest absolute Gasteiger partial charge is 0.365 e. The van der Waals surface area contributed by atoms with Crippen LogP contribution in [0.15, 0.2) is 12.1 Å². The maximum Gasteiger partial charge on any atom is 0.433 e. The van der Waals surface area contributed by atoms with E-state index in [-0.39, 0.29) is 17.4 Å². The van der Waals surface area contributed by atoms with E-state index in [1.807, 2.05) is 13.8 Å². The normalized spacial score (nSPS) is 15.3. The third-order valence-corrected chi connectivity index (χ3v) is 3.48. The molecule has 0 aromatic carbocycles.